The van der Waals surface area contributed by atoms with Crippen molar-refractivity contribution < 1.29 is 49.3 Å². The predicted octanol–water partition coefficient (Wildman–Crippen LogP) is 0.0585. The van der Waals surface area contributed by atoms with Crippen LogP contribution in [0.1, 0.15) is 0 Å². The van der Waals surface area contributed by atoms with E-state index in [1.165, 1.54) is 43.5 Å². The molecule has 176 valence electrons. The second-order valence-electron chi connectivity index (χ2n) is 7.47. The lowest BCUT2D eigenvalue weighted by molar-refractivity contribution is -0.277. The molecule has 4 rings (SSSR count). The zero-order chi connectivity index (χ0) is 23.9. The number of hydrogen-bond acceptors (Lipinski definition) is 11. The highest BCUT2D eigenvalue weighted by atomic mass is 16.7. The van der Waals surface area contributed by atoms with E-state index in [9.17, 15) is 35.4 Å². The Labute approximate surface area is 186 Å². The van der Waals surface area contributed by atoms with Crippen LogP contribution in [-0.2, 0) is 4.74 Å². The molecular weight excluding hydrogens is 440 g/mol. The van der Waals surface area contributed by atoms with Crippen molar-refractivity contribution in [2.45, 2.75) is 30.7 Å². The average molecular weight is 462 g/mol. The van der Waals surface area contributed by atoms with E-state index in [0.717, 1.165) is 0 Å². The van der Waals surface area contributed by atoms with Crippen LogP contribution >= 0.6 is 0 Å². The zero-order valence-electron chi connectivity index (χ0n) is 17.3. The molecule has 0 aliphatic carbocycles. The zero-order valence-corrected chi connectivity index (χ0v) is 17.3. The predicted molar refractivity (Wildman–Crippen MR) is 112 cm³/mol. The van der Waals surface area contributed by atoms with Gasteiger partial charge in [-0.25, -0.2) is 0 Å². The molecule has 11 nitrogen and oxygen atoms in total. The molecule has 0 radical (unpaired) electrons. The number of hydrogen-bond donors (Lipinski definition) is 6. The number of phenolic OH excluding ortho intramolecular Hbond substituents is 2. The molecule has 6 N–H and O–H groups in total. The maximum absolute atomic E-state index is 13.3. The highest BCUT2D eigenvalue weighted by Gasteiger charge is 2.45. The molecule has 0 amide bonds. The van der Waals surface area contributed by atoms with Crippen LogP contribution in [-0.4, -0.2) is 75.1 Å². The number of phenols is 2. The van der Waals surface area contributed by atoms with Gasteiger partial charge in [0.05, 0.1) is 19.1 Å². The van der Waals surface area contributed by atoms with Gasteiger partial charge in [-0.15, -0.1) is 0 Å². The molecule has 1 saturated heterocycles. The molecule has 2 heterocycles. The van der Waals surface area contributed by atoms with Gasteiger partial charge in [0.2, 0.25) is 17.5 Å². The van der Waals surface area contributed by atoms with Crippen molar-refractivity contribution in [3.63, 3.8) is 0 Å². The van der Waals surface area contributed by atoms with Gasteiger partial charge >= 0.3 is 0 Å². The maximum Gasteiger partial charge on any atom is 0.235 e. The van der Waals surface area contributed by atoms with Crippen molar-refractivity contribution in [2.24, 2.45) is 0 Å². The van der Waals surface area contributed by atoms with Crippen LogP contribution in [0, 0.1) is 0 Å². The van der Waals surface area contributed by atoms with E-state index in [1.807, 2.05) is 0 Å². The second kappa shape index (κ2) is 8.89. The van der Waals surface area contributed by atoms with Crippen LogP contribution in [0.4, 0.5) is 0 Å². The van der Waals surface area contributed by atoms with E-state index in [0.29, 0.717) is 0 Å². The van der Waals surface area contributed by atoms with Gasteiger partial charge in [0, 0.05) is 11.6 Å². The van der Waals surface area contributed by atoms with Gasteiger partial charge in [0.15, 0.2) is 17.3 Å². The Morgan fingerprint density at radius 2 is 1.76 bits per heavy atom. The van der Waals surface area contributed by atoms with Gasteiger partial charge in [-0.3, -0.25) is 4.79 Å². The number of benzene rings is 2. The molecule has 1 aliphatic rings. The second-order valence-corrected chi connectivity index (χ2v) is 7.47. The van der Waals surface area contributed by atoms with Crippen molar-refractivity contribution in [1.82, 2.24) is 0 Å². The van der Waals surface area contributed by atoms with Crippen molar-refractivity contribution in [1.29, 1.82) is 0 Å². The summed E-state index contributed by atoms with van der Waals surface area (Å²) in [6, 6.07) is 7.93. The van der Waals surface area contributed by atoms with E-state index in [2.05, 4.69) is 0 Å². The topological polar surface area (TPSA) is 179 Å². The van der Waals surface area contributed by atoms with E-state index >= 15 is 0 Å². The third kappa shape index (κ3) is 4.08. The van der Waals surface area contributed by atoms with E-state index in [1.54, 1.807) is 0 Å². The summed E-state index contributed by atoms with van der Waals surface area (Å²) in [5.41, 5.74) is -0.412. The smallest absolute Gasteiger partial charge is 0.235 e. The molecule has 5 atom stereocenters. The van der Waals surface area contributed by atoms with Gasteiger partial charge in [-0.1, -0.05) is 0 Å². The number of aliphatic hydroxyl groups is 4. The highest BCUT2D eigenvalue weighted by molar-refractivity contribution is 5.83. The van der Waals surface area contributed by atoms with Crippen molar-refractivity contribution in [2.75, 3.05) is 13.7 Å². The molecule has 0 bridgehead atoms. The van der Waals surface area contributed by atoms with Gasteiger partial charge in [0.25, 0.3) is 0 Å². The Balaban J connectivity index is 1.88. The summed E-state index contributed by atoms with van der Waals surface area (Å²) in [6.45, 7) is -0.682. The fourth-order valence-electron chi connectivity index (χ4n) is 3.56. The Morgan fingerprint density at radius 1 is 1.00 bits per heavy atom. The summed E-state index contributed by atoms with van der Waals surface area (Å²) in [5.74, 6) is -0.801. The summed E-state index contributed by atoms with van der Waals surface area (Å²) in [7, 11) is 1.33. The lowest BCUT2D eigenvalue weighted by atomic mass is 9.99. The number of ether oxygens (including phenoxy) is 3. The highest BCUT2D eigenvalue weighted by Crippen LogP contribution is 2.37. The van der Waals surface area contributed by atoms with Crippen LogP contribution in [0.25, 0.3) is 22.3 Å². The summed E-state index contributed by atoms with van der Waals surface area (Å²) in [5, 5.41) is 59.6. The fourth-order valence-corrected chi connectivity index (χ4v) is 3.56. The van der Waals surface area contributed by atoms with E-state index in [-0.39, 0.29) is 39.5 Å². The maximum atomic E-state index is 13.3. The van der Waals surface area contributed by atoms with E-state index < -0.39 is 48.5 Å². The molecule has 11 heteroatoms. The molecule has 2 aromatic carbocycles. The average Bonchev–Trinajstić information content (AvgIpc) is 2.81. The standard InChI is InChI=1S/C22H22O11/c1-30-14-6-9(2-5-12(14)25)20-21(16(26)11-4-3-10(24)7-13(11)31-20)33-22-19(29)18(28)17(27)15(8-23)32-22/h2-7,15,17-19,22-25,27-29H,8H2,1H3. The van der Waals surface area contributed by atoms with Gasteiger partial charge < -0.3 is 49.3 Å². The lowest BCUT2D eigenvalue weighted by Crippen LogP contribution is -2.60. The first-order chi connectivity index (χ1) is 15.7. The van der Waals surface area contributed by atoms with Gasteiger partial charge in [-0.05, 0) is 30.3 Å². The Bertz CT molecular complexity index is 1220. The third-order valence-corrected chi connectivity index (χ3v) is 5.36. The number of fused-ring (bicyclic) bond motifs is 1. The van der Waals surface area contributed by atoms with Crippen LogP contribution in [0.2, 0.25) is 0 Å². The number of aliphatic hydroxyl groups excluding tert-OH is 4. The molecule has 0 saturated carbocycles. The summed E-state index contributed by atoms with van der Waals surface area (Å²) >= 11 is 0. The Hall–Kier alpha value is -3.35. The lowest BCUT2D eigenvalue weighted by Gasteiger charge is -2.39. The minimum Gasteiger partial charge on any atom is -0.508 e. The molecule has 5 unspecified atom stereocenters. The molecule has 1 aromatic heterocycles. The van der Waals surface area contributed by atoms with Crippen LogP contribution in [0.5, 0.6) is 23.0 Å². The Kier molecular flexibility index (Phi) is 6.15. The normalized spacial score (nSPS) is 25.2. The molecular formula is C22H22O11. The third-order valence-electron chi connectivity index (χ3n) is 5.36. The summed E-state index contributed by atoms with van der Waals surface area (Å²) in [6.07, 6.45) is -7.99. The quantitative estimate of drug-likeness (QED) is 0.302. The number of aromatic hydroxyl groups is 2. The van der Waals surface area contributed by atoms with Crippen LogP contribution in [0.15, 0.2) is 45.6 Å². The van der Waals surface area contributed by atoms with Crippen molar-refractivity contribution in [3.8, 4) is 34.3 Å². The monoisotopic (exact) mass is 462 g/mol. The SMILES string of the molecule is COc1cc(-c2oc3cc(O)ccc3c(=O)c2OC2OC(CO)C(O)C(O)C2O)ccc1O. The van der Waals surface area contributed by atoms with Gasteiger partial charge in [-0.2, -0.15) is 0 Å². The van der Waals surface area contributed by atoms with Crippen LogP contribution in [0.3, 0.4) is 0 Å². The molecule has 1 aliphatic heterocycles. The van der Waals surface area contributed by atoms with Crippen molar-refractivity contribution in [3.05, 3.63) is 46.6 Å². The number of methoxy groups -OCH3 is 1. The minimum atomic E-state index is -1.76. The first-order valence-electron chi connectivity index (χ1n) is 9.89. The van der Waals surface area contributed by atoms with Crippen LogP contribution < -0.4 is 14.9 Å². The largest absolute Gasteiger partial charge is 0.508 e. The first kappa shape index (κ1) is 22.8. The molecule has 3 aromatic rings. The summed E-state index contributed by atoms with van der Waals surface area (Å²) < 4.78 is 21.9. The minimum absolute atomic E-state index is 0.0307. The molecule has 0 spiro atoms. The van der Waals surface area contributed by atoms with Crippen molar-refractivity contribution >= 4 is 11.0 Å². The molecule has 1 fully saturated rings. The van der Waals surface area contributed by atoms with E-state index in [4.69, 9.17) is 18.6 Å². The summed E-state index contributed by atoms with van der Waals surface area (Å²) in [4.78, 5) is 13.3. The molecule has 33 heavy (non-hydrogen) atoms. The first-order valence-corrected chi connectivity index (χ1v) is 9.89. The Morgan fingerprint density at radius 3 is 2.45 bits per heavy atom. The fraction of sp³-hybridized carbons (Fsp3) is 0.318. The number of rotatable bonds is 5. The van der Waals surface area contributed by atoms with Gasteiger partial charge in [0.1, 0.15) is 35.7 Å².